The molecule has 162 valence electrons. The van der Waals surface area contributed by atoms with E-state index in [0.717, 1.165) is 17.4 Å². The number of nitriles is 1. The van der Waals surface area contributed by atoms with Crippen LogP contribution in [0, 0.1) is 35.3 Å². The zero-order chi connectivity index (χ0) is 23.4. The third-order valence-corrected chi connectivity index (χ3v) is 4.89. The van der Waals surface area contributed by atoms with Gasteiger partial charge in [0, 0.05) is 17.4 Å². The van der Waals surface area contributed by atoms with Crippen LogP contribution in [0.25, 0.3) is 5.69 Å². The van der Waals surface area contributed by atoms with Gasteiger partial charge in [0.25, 0.3) is 11.6 Å². The lowest BCUT2D eigenvalue weighted by atomic mass is 10.2. The van der Waals surface area contributed by atoms with Crippen LogP contribution in [-0.2, 0) is 9.53 Å². The number of anilines is 2. The Morgan fingerprint density at radius 2 is 1.91 bits per heavy atom. The molecule has 0 aliphatic rings. The number of nitrogen functional groups attached to an aromatic ring is 1. The summed E-state index contributed by atoms with van der Waals surface area (Å²) < 4.78 is 6.72. The zero-order valence-corrected chi connectivity index (χ0v) is 17.3. The number of ether oxygens (including phenoxy) is 1. The van der Waals surface area contributed by atoms with Crippen molar-refractivity contribution in [1.82, 2.24) is 4.57 Å². The molecule has 1 amide bonds. The van der Waals surface area contributed by atoms with Gasteiger partial charge in [0.2, 0.25) is 0 Å². The molecule has 3 N–H and O–H groups in total. The minimum absolute atomic E-state index is 0.0965. The minimum Gasteiger partial charge on any atom is -0.452 e. The van der Waals surface area contributed by atoms with Crippen LogP contribution < -0.4 is 11.1 Å². The van der Waals surface area contributed by atoms with E-state index in [2.05, 4.69) is 11.4 Å². The van der Waals surface area contributed by atoms with E-state index >= 15 is 0 Å². The average Bonchev–Trinajstić information content (AvgIpc) is 3.01. The molecule has 10 heteroatoms. The number of carbonyl (C=O) groups excluding carboxylic acids is 2. The van der Waals surface area contributed by atoms with E-state index < -0.39 is 29.1 Å². The lowest BCUT2D eigenvalue weighted by Crippen LogP contribution is -2.23. The molecule has 0 aliphatic carbocycles. The molecular weight excluding hydrogens is 414 g/mol. The Hall–Kier alpha value is -4.65. The molecule has 0 radical (unpaired) electrons. The Kier molecular flexibility index (Phi) is 6.21. The standard InChI is InChI=1S/C22H19N5O5/c1-13-14(2)26(16-6-4-3-5-7-16)21(17(13)11-23)25-20(28)12-32-22(29)15-8-9-18(24)19(10-15)27(30)31/h3-10H,12,24H2,1-2H3,(H,25,28). The minimum atomic E-state index is -0.922. The summed E-state index contributed by atoms with van der Waals surface area (Å²) in [4.78, 5) is 35.0. The van der Waals surface area contributed by atoms with Crippen LogP contribution in [0.3, 0.4) is 0 Å². The van der Waals surface area contributed by atoms with E-state index in [4.69, 9.17) is 10.5 Å². The maximum absolute atomic E-state index is 12.5. The van der Waals surface area contributed by atoms with Crippen molar-refractivity contribution < 1.29 is 19.2 Å². The van der Waals surface area contributed by atoms with Crippen molar-refractivity contribution in [3.05, 3.63) is 81.0 Å². The molecule has 3 aromatic rings. The average molecular weight is 433 g/mol. The van der Waals surface area contributed by atoms with Crippen molar-refractivity contribution >= 4 is 29.1 Å². The molecule has 32 heavy (non-hydrogen) atoms. The van der Waals surface area contributed by atoms with Gasteiger partial charge in [0.05, 0.1) is 16.1 Å². The van der Waals surface area contributed by atoms with Gasteiger partial charge in [-0.1, -0.05) is 18.2 Å². The van der Waals surface area contributed by atoms with Gasteiger partial charge in [-0.25, -0.2) is 4.79 Å². The molecule has 0 atom stereocenters. The smallest absolute Gasteiger partial charge is 0.338 e. The van der Waals surface area contributed by atoms with Crippen LogP contribution in [0.15, 0.2) is 48.5 Å². The Balaban J connectivity index is 1.79. The summed E-state index contributed by atoms with van der Waals surface area (Å²) in [7, 11) is 0. The number of aromatic nitrogens is 1. The van der Waals surface area contributed by atoms with Gasteiger partial charge in [-0.15, -0.1) is 0 Å². The number of amides is 1. The fourth-order valence-corrected chi connectivity index (χ4v) is 3.17. The van der Waals surface area contributed by atoms with E-state index in [1.165, 1.54) is 12.1 Å². The fraction of sp³-hybridized carbons (Fsp3) is 0.136. The first kappa shape index (κ1) is 22.0. The van der Waals surface area contributed by atoms with Gasteiger partial charge >= 0.3 is 5.97 Å². The number of nitro groups is 1. The molecule has 0 saturated heterocycles. The van der Waals surface area contributed by atoms with Gasteiger partial charge in [-0.2, -0.15) is 5.26 Å². The summed E-state index contributed by atoms with van der Waals surface area (Å²) in [5.74, 6) is -1.33. The number of nitrogens with one attached hydrogen (secondary N) is 1. The molecular formula is C22H19N5O5. The number of nitrogens with two attached hydrogens (primary N) is 1. The van der Waals surface area contributed by atoms with E-state index in [1.807, 2.05) is 37.3 Å². The Morgan fingerprint density at radius 3 is 2.53 bits per heavy atom. The predicted molar refractivity (Wildman–Crippen MR) is 116 cm³/mol. The molecule has 0 fully saturated rings. The maximum atomic E-state index is 12.5. The first-order valence-corrected chi connectivity index (χ1v) is 9.43. The Morgan fingerprint density at radius 1 is 1.22 bits per heavy atom. The quantitative estimate of drug-likeness (QED) is 0.262. The Labute approximate surface area is 183 Å². The first-order valence-electron chi connectivity index (χ1n) is 9.43. The number of para-hydroxylation sites is 1. The third-order valence-electron chi connectivity index (χ3n) is 4.89. The monoisotopic (exact) mass is 433 g/mol. The number of benzene rings is 2. The molecule has 0 unspecified atom stereocenters. The molecule has 3 rings (SSSR count). The third kappa shape index (κ3) is 4.27. The summed E-state index contributed by atoms with van der Waals surface area (Å²) in [6.07, 6.45) is 0. The summed E-state index contributed by atoms with van der Waals surface area (Å²) in [6, 6.07) is 14.7. The van der Waals surface area contributed by atoms with Crippen LogP contribution in [0.2, 0.25) is 0 Å². The lowest BCUT2D eigenvalue weighted by molar-refractivity contribution is -0.383. The topological polar surface area (TPSA) is 153 Å². The second-order valence-electron chi connectivity index (χ2n) is 6.87. The van der Waals surface area contributed by atoms with Gasteiger partial charge in [0.15, 0.2) is 6.61 Å². The van der Waals surface area contributed by atoms with Gasteiger partial charge in [0.1, 0.15) is 17.6 Å². The highest BCUT2D eigenvalue weighted by molar-refractivity contribution is 5.97. The number of esters is 1. The normalized spacial score (nSPS) is 10.3. The molecule has 1 heterocycles. The number of rotatable bonds is 6. The van der Waals surface area contributed by atoms with Crippen molar-refractivity contribution in [2.45, 2.75) is 13.8 Å². The van der Waals surface area contributed by atoms with E-state index in [9.17, 15) is 25.0 Å². The largest absolute Gasteiger partial charge is 0.452 e. The van der Waals surface area contributed by atoms with Crippen molar-refractivity contribution in [3.63, 3.8) is 0 Å². The summed E-state index contributed by atoms with van der Waals surface area (Å²) in [5.41, 5.74) is 7.39. The van der Waals surface area contributed by atoms with Crippen molar-refractivity contribution in [1.29, 1.82) is 5.26 Å². The van der Waals surface area contributed by atoms with Gasteiger partial charge in [-0.05, 0) is 43.7 Å². The highest BCUT2D eigenvalue weighted by Gasteiger charge is 2.22. The fourth-order valence-electron chi connectivity index (χ4n) is 3.17. The molecule has 0 spiro atoms. The lowest BCUT2D eigenvalue weighted by Gasteiger charge is -2.13. The predicted octanol–water partition coefficient (Wildman–Crippen LogP) is 3.25. The summed E-state index contributed by atoms with van der Waals surface area (Å²) in [5, 5.41) is 23.2. The van der Waals surface area contributed by atoms with Crippen LogP contribution in [0.4, 0.5) is 17.2 Å². The molecule has 1 aromatic heterocycles. The highest BCUT2D eigenvalue weighted by Crippen LogP contribution is 2.30. The molecule has 0 aliphatic heterocycles. The van der Waals surface area contributed by atoms with Crippen LogP contribution in [0.5, 0.6) is 0 Å². The molecule has 10 nitrogen and oxygen atoms in total. The first-order chi connectivity index (χ1) is 15.2. The number of hydrogen-bond donors (Lipinski definition) is 2. The second kappa shape index (κ2) is 9.01. The molecule has 0 bridgehead atoms. The highest BCUT2D eigenvalue weighted by atomic mass is 16.6. The SMILES string of the molecule is Cc1c(C#N)c(NC(=O)COC(=O)c2ccc(N)c([N+](=O)[O-])c2)n(-c2ccccc2)c1C. The Bertz CT molecular complexity index is 1260. The van der Waals surface area contributed by atoms with E-state index in [1.54, 1.807) is 11.5 Å². The number of carbonyl (C=O) groups is 2. The van der Waals surface area contributed by atoms with Gasteiger partial charge in [-0.3, -0.25) is 19.5 Å². The number of nitrogens with zero attached hydrogens (tertiary/aromatic N) is 3. The summed E-state index contributed by atoms with van der Waals surface area (Å²) >= 11 is 0. The van der Waals surface area contributed by atoms with E-state index in [0.29, 0.717) is 11.1 Å². The van der Waals surface area contributed by atoms with Crippen molar-refractivity contribution in [2.75, 3.05) is 17.7 Å². The number of hydrogen-bond acceptors (Lipinski definition) is 7. The van der Waals surface area contributed by atoms with Crippen LogP contribution in [0.1, 0.15) is 27.2 Å². The molecule has 0 saturated carbocycles. The zero-order valence-electron chi connectivity index (χ0n) is 17.3. The molecule has 2 aromatic carbocycles. The van der Waals surface area contributed by atoms with Crippen molar-refractivity contribution in [2.24, 2.45) is 0 Å². The van der Waals surface area contributed by atoms with Crippen LogP contribution in [-0.4, -0.2) is 28.0 Å². The second-order valence-corrected chi connectivity index (χ2v) is 6.87. The summed E-state index contributed by atoms with van der Waals surface area (Å²) in [6.45, 7) is 2.95. The van der Waals surface area contributed by atoms with Crippen molar-refractivity contribution in [3.8, 4) is 11.8 Å². The van der Waals surface area contributed by atoms with E-state index in [-0.39, 0.29) is 17.1 Å². The maximum Gasteiger partial charge on any atom is 0.338 e. The van der Waals surface area contributed by atoms with Gasteiger partial charge < -0.3 is 15.8 Å². The number of nitro benzene ring substituents is 1. The van der Waals surface area contributed by atoms with Crippen LogP contribution >= 0.6 is 0 Å².